The monoisotopic (exact) mass is 769 g/mol. The summed E-state index contributed by atoms with van der Waals surface area (Å²) in [5, 5.41) is 20.4. The molecule has 0 heterocycles. The number of hydrogen-bond acceptors (Lipinski definition) is 4. The quantitative estimate of drug-likeness (QED) is 0.0371. The Morgan fingerprint density at radius 2 is 0.638 bits per heavy atom. The van der Waals surface area contributed by atoms with Crippen LogP contribution in [0.4, 0.5) is 0 Å². The Hall–Kier alpha value is -0.781. The van der Waals surface area contributed by atoms with E-state index in [0.717, 1.165) is 38.5 Å². The van der Waals surface area contributed by atoms with E-state index >= 15 is 0 Å². The summed E-state index contributed by atoms with van der Waals surface area (Å²) in [5.41, 5.74) is 0. The molecule has 0 aromatic carbocycles. The molecule has 0 aromatic heterocycles. The van der Waals surface area contributed by atoms with Gasteiger partial charge in [0.15, 0.2) is 0 Å². The van der Waals surface area contributed by atoms with Crippen molar-refractivity contribution >= 4 is 33.1 Å². The maximum absolute atomic E-state index is 10.2. The fourth-order valence-corrected chi connectivity index (χ4v) is 7.89. The molecule has 0 aliphatic rings. The summed E-state index contributed by atoms with van der Waals surface area (Å²) >= 11 is 0.181. The van der Waals surface area contributed by atoms with E-state index in [4.69, 9.17) is 0 Å². The standard InChI is InChI=1S/2C18H34O2.2C3H7.Sn/c2*1-2-3-4-5-6-7-8-9-10-11-12-13-14-15-16-17-18(19)20;2*1-3-2;/h2*9-10H,2-8,11-17H2,1H3,(H,19,20);2*1,3H2,2H3;/q;;;;+2/p-2/b2*10-9-;;;. The zero-order chi connectivity index (χ0) is 35.3. The summed E-state index contributed by atoms with van der Waals surface area (Å²) in [7, 11) is 0. The number of carboxylic acid groups (broad SMARTS) is 2. The van der Waals surface area contributed by atoms with Gasteiger partial charge in [-0.15, -0.1) is 0 Å². The van der Waals surface area contributed by atoms with E-state index in [2.05, 4.69) is 52.0 Å². The number of rotatable bonds is 34. The first kappa shape index (κ1) is 50.6. The van der Waals surface area contributed by atoms with Crippen LogP contribution >= 0.6 is 0 Å². The predicted molar refractivity (Wildman–Crippen MR) is 205 cm³/mol. The van der Waals surface area contributed by atoms with E-state index in [9.17, 15) is 19.8 Å². The van der Waals surface area contributed by atoms with Crippen LogP contribution in [-0.4, -0.2) is 33.1 Å². The van der Waals surface area contributed by atoms with Crippen LogP contribution in [0.3, 0.4) is 0 Å². The molecule has 0 aliphatic heterocycles. The summed E-state index contributed by atoms with van der Waals surface area (Å²) in [6, 6.07) is 0. The molecule has 0 N–H and O–H groups in total. The average Bonchev–Trinajstić information content (AvgIpc) is 3.05. The summed E-state index contributed by atoms with van der Waals surface area (Å²) < 4.78 is 3.19. The first-order valence-corrected chi connectivity index (χ1v) is 24.4. The molecule has 0 unspecified atom stereocenters. The van der Waals surface area contributed by atoms with E-state index in [0.29, 0.717) is 0 Å². The van der Waals surface area contributed by atoms with Gasteiger partial charge < -0.3 is 19.8 Å². The van der Waals surface area contributed by atoms with Crippen molar-refractivity contribution in [2.24, 2.45) is 0 Å². The molecule has 4 nitrogen and oxygen atoms in total. The zero-order valence-electron chi connectivity index (χ0n) is 32.1. The van der Waals surface area contributed by atoms with Crippen molar-refractivity contribution in [3.05, 3.63) is 24.3 Å². The molecule has 47 heavy (non-hydrogen) atoms. The first-order chi connectivity index (χ1) is 23.0. The van der Waals surface area contributed by atoms with Crippen LogP contribution in [0, 0.1) is 0 Å². The maximum atomic E-state index is 10.2. The molecule has 0 aromatic rings. The molecule has 0 rings (SSSR count). The van der Waals surface area contributed by atoms with Gasteiger partial charge >= 0.3 is 56.7 Å². The van der Waals surface area contributed by atoms with Crippen molar-refractivity contribution in [1.82, 2.24) is 0 Å². The Kier molecular flexibility index (Phi) is 53.4. The van der Waals surface area contributed by atoms with Crippen molar-refractivity contribution < 1.29 is 19.8 Å². The third-order valence-electron chi connectivity index (χ3n) is 8.14. The third kappa shape index (κ3) is 61.0. The first-order valence-electron chi connectivity index (χ1n) is 20.4. The van der Waals surface area contributed by atoms with Crippen LogP contribution in [0.15, 0.2) is 24.3 Å². The molecule has 0 saturated carbocycles. The van der Waals surface area contributed by atoms with E-state index in [1.165, 1.54) is 141 Å². The van der Waals surface area contributed by atoms with Crippen LogP contribution in [0.1, 0.15) is 220 Å². The Bertz CT molecular complexity index is 593. The van der Waals surface area contributed by atoms with Gasteiger partial charge in [-0.1, -0.05) is 141 Å². The van der Waals surface area contributed by atoms with Gasteiger partial charge in [0.2, 0.25) is 0 Å². The van der Waals surface area contributed by atoms with Gasteiger partial charge in [-0.25, -0.2) is 0 Å². The number of unbranched alkanes of at least 4 members (excludes halogenated alkanes) is 22. The van der Waals surface area contributed by atoms with Gasteiger partial charge in [0.25, 0.3) is 0 Å². The molecular formula is C42H80O4Sn. The Morgan fingerprint density at radius 1 is 0.383 bits per heavy atom. The second kappa shape index (κ2) is 49.6. The molecule has 0 aliphatic carbocycles. The van der Waals surface area contributed by atoms with Crippen molar-refractivity contribution in [2.75, 3.05) is 0 Å². The summed E-state index contributed by atoms with van der Waals surface area (Å²) in [6.07, 6.45) is 44.7. The summed E-state index contributed by atoms with van der Waals surface area (Å²) in [4.78, 5) is 20.4. The van der Waals surface area contributed by atoms with E-state index < -0.39 is 11.9 Å². The van der Waals surface area contributed by atoms with Crippen molar-refractivity contribution in [3.8, 4) is 0 Å². The number of carboxylic acids is 2. The molecule has 0 amide bonds. The van der Waals surface area contributed by atoms with E-state index in [-0.39, 0.29) is 34.0 Å². The average molecular weight is 768 g/mol. The van der Waals surface area contributed by atoms with Crippen LogP contribution in [0.5, 0.6) is 0 Å². The third-order valence-corrected chi connectivity index (χ3v) is 13.0. The topological polar surface area (TPSA) is 80.3 Å². The molecular weight excluding hydrogens is 687 g/mol. The molecule has 0 bridgehead atoms. The van der Waals surface area contributed by atoms with Crippen molar-refractivity contribution in [1.29, 1.82) is 0 Å². The Balaban J connectivity index is -0.000000685. The number of hydrogen-bond donors (Lipinski definition) is 0. The number of aliphatic carboxylic acids is 2. The molecule has 276 valence electrons. The van der Waals surface area contributed by atoms with Gasteiger partial charge in [-0.3, -0.25) is 0 Å². The van der Waals surface area contributed by atoms with Crippen LogP contribution in [-0.2, 0) is 9.59 Å². The SMILES string of the molecule is CCCCCCCC/C=C\CCCCCCCC(=O)[O-].CCCCCCCC/C=C\CCCCCCCC(=O)[O-].CC[CH2][Sn+2][CH2]CC. The number of carbonyl (C=O) groups is 2. The minimum absolute atomic E-state index is 0.181. The molecule has 0 saturated heterocycles. The van der Waals surface area contributed by atoms with Crippen molar-refractivity contribution in [3.63, 3.8) is 0 Å². The Labute approximate surface area is 305 Å². The Morgan fingerprint density at radius 3 is 0.894 bits per heavy atom. The van der Waals surface area contributed by atoms with E-state index in [1.54, 1.807) is 8.87 Å². The fourth-order valence-electron chi connectivity index (χ4n) is 5.16. The molecule has 5 heteroatoms. The molecule has 0 radical (unpaired) electrons. The fraction of sp³-hybridized carbons (Fsp3) is 0.857. The number of allylic oxidation sites excluding steroid dienone is 4. The molecule has 0 atom stereocenters. The van der Waals surface area contributed by atoms with E-state index in [1.807, 2.05) is 0 Å². The second-order valence-corrected chi connectivity index (χ2v) is 17.4. The predicted octanol–water partition coefficient (Wildman–Crippen LogP) is 11.9. The second-order valence-electron chi connectivity index (χ2n) is 13.2. The van der Waals surface area contributed by atoms with Gasteiger partial charge in [-0.05, 0) is 77.0 Å². The molecule has 0 spiro atoms. The van der Waals surface area contributed by atoms with Crippen LogP contribution < -0.4 is 10.2 Å². The summed E-state index contributed by atoms with van der Waals surface area (Å²) in [6.45, 7) is 9.09. The van der Waals surface area contributed by atoms with Crippen LogP contribution in [0.25, 0.3) is 0 Å². The van der Waals surface area contributed by atoms with Crippen LogP contribution in [0.2, 0.25) is 8.87 Å². The van der Waals surface area contributed by atoms with Gasteiger partial charge in [-0.2, -0.15) is 0 Å². The summed E-state index contributed by atoms with van der Waals surface area (Å²) in [5.74, 6) is -1.83. The van der Waals surface area contributed by atoms with Gasteiger partial charge in [0, 0.05) is 11.9 Å². The van der Waals surface area contributed by atoms with Crippen molar-refractivity contribution in [2.45, 2.75) is 229 Å². The zero-order valence-corrected chi connectivity index (χ0v) is 34.9. The normalized spacial score (nSPS) is 10.8. The molecule has 0 fully saturated rings. The minimum atomic E-state index is -0.914. The number of carbonyl (C=O) groups excluding carboxylic acids is 2. The van der Waals surface area contributed by atoms with Gasteiger partial charge in [0.1, 0.15) is 0 Å². The van der Waals surface area contributed by atoms with Gasteiger partial charge in [0.05, 0.1) is 0 Å².